The van der Waals surface area contributed by atoms with E-state index in [1.54, 1.807) is 16.4 Å². The Bertz CT molecular complexity index is 832. The van der Waals surface area contributed by atoms with Crippen LogP contribution in [0.1, 0.15) is 49.4 Å². The minimum Gasteiger partial charge on any atom is -0.495 e. The number of carbonyl (C=O) groups is 1. The standard InChI is InChI=1S/C21H33N3O4S/c1-16-7-5-6-12-24(16)29(26,27)20-15-17(8-9-19(20)28-4)21(25)23-13-10-18(11-14-23)22(2)3/h8-9,15-16,18H,5-7,10-14H2,1-4H3. The van der Waals surface area contributed by atoms with Crippen LogP contribution in [0.3, 0.4) is 0 Å². The van der Waals surface area contributed by atoms with Crippen LogP contribution < -0.4 is 4.74 Å². The number of benzene rings is 1. The molecular formula is C21H33N3O4S. The summed E-state index contributed by atoms with van der Waals surface area (Å²) in [5.41, 5.74) is 0.400. The van der Waals surface area contributed by atoms with Gasteiger partial charge in [0.1, 0.15) is 10.6 Å². The monoisotopic (exact) mass is 423 g/mol. The molecule has 1 unspecified atom stereocenters. The van der Waals surface area contributed by atoms with Gasteiger partial charge in [0.2, 0.25) is 10.0 Å². The van der Waals surface area contributed by atoms with Gasteiger partial charge in [-0.3, -0.25) is 4.79 Å². The lowest BCUT2D eigenvalue weighted by Gasteiger charge is -2.35. The minimum atomic E-state index is -3.73. The topological polar surface area (TPSA) is 70.2 Å². The van der Waals surface area contributed by atoms with Gasteiger partial charge in [-0.15, -0.1) is 0 Å². The van der Waals surface area contributed by atoms with Crippen molar-refractivity contribution >= 4 is 15.9 Å². The Kier molecular flexibility index (Phi) is 6.86. The van der Waals surface area contributed by atoms with Crippen LogP contribution in [0, 0.1) is 0 Å². The van der Waals surface area contributed by atoms with Crippen molar-refractivity contribution in [2.45, 2.75) is 56.0 Å². The smallest absolute Gasteiger partial charge is 0.253 e. The van der Waals surface area contributed by atoms with Crippen molar-refractivity contribution in [3.8, 4) is 5.75 Å². The van der Waals surface area contributed by atoms with E-state index in [4.69, 9.17) is 4.74 Å². The van der Waals surface area contributed by atoms with E-state index in [0.29, 0.717) is 31.2 Å². The van der Waals surface area contributed by atoms with Gasteiger partial charge >= 0.3 is 0 Å². The maximum Gasteiger partial charge on any atom is 0.253 e. The number of hydrogen-bond acceptors (Lipinski definition) is 5. The first-order valence-electron chi connectivity index (χ1n) is 10.4. The molecule has 2 aliphatic rings. The van der Waals surface area contributed by atoms with E-state index in [1.165, 1.54) is 13.2 Å². The number of nitrogens with zero attached hydrogens (tertiary/aromatic N) is 3. The highest BCUT2D eigenvalue weighted by atomic mass is 32.2. The highest BCUT2D eigenvalue weighted by Gasteiger charge is 2.34. The lowest BCUT2D eigenvalue weighted by atomic mass is 10.0. The molecule has 3 rings (SSSR count). The molecule has 0 aromatic heterocycles. The lowest BCUT2D eigenvalue weighted by molar-refractivity contribution is 0.0663. The molecule has 2 heterocycles. The van der Waals surface area contributed by atoms with Crippen LogP contribution in [-0.2, 0) is 10.0 Å². The first-order valence-corrected chi connectivity index (χ1v) is 11.8. The maximum absolute atomic E-state index is 13.4. The molecule has 7 nitrogen and oxygen atoms in total. The number of methoxy groups -OCH3 is 1. The summed E-state index contributed by atoms with van der Waals surface area (Å²) >= 11 is 0. The van der Waals surface area contributed by atoms with Crippen molar-refractivity contribution < 1.29 is 17.9 Å². The number of hydrogen-bond donors (Lipinski definition) is 0. The molecule has 0 aliphatic carbocycles. The molecular weight excluding hydrogens is 390 g/mol. The fraction of sp³-hybridized carbons (Fsp3) is 0.667. The highest BCUT2D eigenvalue weighted by Crippen LogP contribution is 2.32. The Morgan fingerprint density at radius 2 is 1.79 bits per heavy atom. The van der Waals surface area contributed by atoms with Crippen LogP contribution in [0.5, 0.6) is 5.75 Å². The zero-order valence-corrected chi connectivity index (χ0v) is 18.7. The largest absolute Gasteiger partial charge is 0.495 e. The summed E-state index contributed by atoms with van der Waals surface area (Å²) in [5.74, 6) is 0.165. The maximum atomic E-state index is 13.4. The molecule has 0 bridgehead atoms. The fourth-order valence-electron chi connectivity index (χ4n) is 4.33. The number of amides is 1. The molecule has 162 valence electrons. The summed E-state index contributed by atoms with van der Waals surface area (Å²) in [4.78, 5) is 17.2. The van der Waals surface area contributed by atoms with Crippen molar-refractivity contribution in [3.63, 3.8) is 0 Å². The molecule has 2 aliphatic heterocycles. The van der Waals surface area contributed by atoms with Crippen molar-refractivity contribution in [3.05, 3.63) is 23.8 Å². The van der Waals surface area contributed by atoms with Crippen LogP contribution in [0.2, 0.25) is 0 Å². The van der Waals surface area contributed by atoms with Gasteiger partial charge in [-0.05, 0) is 64.9 Å². The second-order valence-electron chi connectivity index (χ2n) is 8.31. The summed E-state index contributed by atoms with van der Waals surface area (Å²) in [6, 6.07) is 5.18. The summed E-state index contributed by atoms with van der Waals surface area (Å²) < 4.78 is 33.6. The first kappa shape index (κ1) is 22.1. The summed E-state index contributed by atoms with van der Waals surface area (Å²) in [6.45, 7) is 3.80. The average Bonchev–Trinajstić information content (AvgIpc) is 2.73. The Morgan fingerprint density at radius 1 is 1.10 bits per heavy atom. The van der Waals surface area contributed by atoms with Crippen molar-refractivity contribution in [2.75, 3.05) is 40.8 Å². The van der Waals surface area contributed by atoms with Gasteiger partial charge in [0.25, 0.3) is 5.91 Å². The van der Waals surface area contributed by atoms with Crippen molar-refractivity contribution in [2.24, 2.45) is 0 Å². The minimum absolute atomic E-state index is 0.0529. The summed E-state index contributed by atoms with van der Waals surface area (Å²) in [5, 5.41) is 0. The third kappa shape index (κ3) is 4.59. The number of piperidine rings is 2. The predicted octanol–water partition coefficient (Wildman–Crippen LogP) is 2.42. The van der Waals surface area contributed by atoms with Crippen LogP contribution >= 0.6 is 0 Å². The van der Waals surface area contributed by atoms with Gasteiger partial charge in [-0.25, -0.2) is 8.42 Å². The van der Waals surface area contributed by atoms with Crippen molar-refractivity contribution in [1.29, 1.82) is 0 Å². The molecule has 1 aromatic rings. The molecule has 29 heavy (non-hydrogen) atoms. The average molecular weight is 424 g/mol. The lowest BCUT2D eigenvalue weighted by Crippen LogP contribution is -2.44. The highest BCUT2D eigenvalue weighted by molar-refractivity contribution is 7.89. The van der Waals surface area contributed by atoms with E-state index in [0.717, 1.165) is 32.1 Å². The van der Waals surface area contributed by atoms with Gasteiger partial charge in [0, 0.05) is 37.3 Å². The number of ether oxygens (including phenoxy) is 1. The number of rotatable bonds is 5. The quantitative estimate of drug-likeness (QED) is 0.727. The molecule has 8 heteroatoms. The summed E-state index contributed by atoms with van der Waals surface area (Å²) in [6.07, 6.45) is 4.58. The van der Waals surface area contributed by atoms with Gasteiger partial charge in [0.15, 0.2) is 0 Å². The normalized spacial score (nSPS) is 22.1. The van der Waals surface area contributed by atoms with Gasteiger partial charge in [0.05, 0.1) is 7.11 Å². The van der Waals surface area contributed by atoms with Crippen LogP contribution in [0.4, 0.5) is 0 Å². The first-order chi connectivity index (χ1) is 13.8. The van der Waals surface area contributed by atoms with Gasteiger partial charge in [-0.1, -0.05) is 6.42 Å². The fourth-order valence-corrected chi connectivity index (χ4v) is 6.22. The Labute approximate surface area is 174 Å². The number of sulfonamides is 1. The Balaban J connectivity index is 1.86. The SMILES string of the molecule is COc1ccc(C(=O)N2CCC(N(C)C)CC2)cc1S(=O)(=O)N1CCCCC1C. The molecule has 1 atom stereocenters. The number of carbonyl (C=O) groups excluding carboxylic acids is 1. The van der Waals surface area contributed by atoms with Crippen molar-refractivity contribution in [1.82, 2.24) is 14.1 Å². The molecule has 0 saturated carbocycles. The molecule has 0 N–H and O–H groups in total. The van der Waals surface area contributed by atoms with E-state index >= 15 is 0 Å². The van der Waals surface area contributed by atoms with Gasteiger partial charge < -0.3 is 14.5 Å². The zero-order chi connectivity index (χ0) is 21.2. The Hall–Kier alpha value is -1.64. The van der Waals surface area contributed by atoms with Crippen LogP contribution in [-0.4, -0.2) is 81.4 Å². The predicted molar refractivity (Wildman–Crippen MR) is 113 cm³/mol. The Morgan fingerprint density at radius 3 is 2.38 bits per heavy atom. The van der Waals surface area contributed by atoms with Crippen LogP contribution in [0.25, 0.3) is 0 Å². The van der Waals surface area contributed by atoms with E-state index in [2.05, 4.69) is 19.0 Å². The molecule has 0 radical (unpaired) electrons. The molecule has 2 saturated heterocycles. The molecule has 1 aromatic carbocycles. The van der Waals surface area contributed by atoms with Crippen LogP contribution in [0.15, 0.2) is 23.1 Å². The second-order valence-corrected chi connectivity index (χ2v) is 10.2. The number of likely N-dealkylation sites (tertiary alicyclic amines) is 1. The van der Waals surface area contributed by atoms with Gasteiger partial charge in [-0.2, -0.15) is 4.31 Å². The molecule has 0 spiro atoms. The zero-order valence-electron chi connectivity index (χ0n) is 17.9. The van der Waals surface area contributed by atoms with E-state index in [-0.39, 0.29) is 22.6 Å². The summed E-state index contributed by atoms with van der Waals surface area (Å²) in [7, 11) is 1.85. The van der Waals surface area contributed by atoms with E-state index in [1.807, 2.05) is 11.8 Å². The third-order valence-corrected chi connectivity index (χ3v) is 8.26. The van der Waals surface area contributed by atoms with E-state index < -0.39 is 10.0 Å². The molecule has 1 amide bonds. The van der Waals surface area contributed by atoms with E-state index in [9.17, 15) is 13.2 Å². The third-order valence-electron chi connectivity index (χ3n) is 6.22. The molecule has 2 fully saturated rings. The second kappa shape index (κ2) is 9.02.